The van der Waals surface area contributed by atoms with Crippen LogP contribution in [0.3, 0.4) is 0 Å². The van der Waals surface area contributed by atoms with E-state index in [-0.39, 0.29) is 37.1 Å². The van der Waals surface area contributed by atoms with Gasteiger partial charge in [-0.1, -0.05) is 114 Å². The molecule has 1 aliphatic rings. The van der Waals surface area contributed by atoms with Gasteiger partial charge in [0, 0.05) is 24.7 Å². The Morgan fingerprint density at radius 3 is 2.24 bits per heavy atom. The van der Waals surface area contributed by atoms with Crippen molar-refractivity contribution >= 4 is 19.5 Å². The molecule has 1 fully saturated rings. The number of quaternary nitrogens is 1. The van der Waals surface area contributed by atoms with Crippen molar-refractivity contribution in [2.75, 3.05) is 40.9 Å². The molecule has 0 aliphatic heterocycles. The Kier molecular flexibility index (Phi) is 27.2. The topological polar surface area (TPSA) is 165 Å². The summed E-state index contributed by atoms with van der Waals surface area (Å²) in [4.78, 5) is 37.9. The van der Waals surface area contributed by atoms with E-state index >= 15 is 0 Å². The minimum atomic E-state index is -4.67. The molecule has 0 saturated heterocycles. The number of aliphatic hydroxyl groups is 3. The van der Waals surface area contributed by atoms with Gasteiger partial charge in [0.05, 0.1) is 52.1 Å². The lowest BCUT2D eigenvalue weighted by Gasteiger charge is -2.29. The van der Waals surface area contributed by atoms with E-state index in [2.05, 4.69) is 31.3 Å². The number of allylic oxidation sites excluding steroid dienone is 6. The minimum absolute atomic E-state index is 0.0233. The van der Waals surface area contributed by atoms with Gasteiger partial charge in [0.2, 0.25) is 5.91 Å². The molecule has 0 aromatic carbocycles. The maximum atomic E-state index is 12.9. The second-order valence-corrected chi connectivity index (χ2v) is 17.2. The number of aliphatic hydroxyl groups excluding tert-OH is 3. The highest BCUT2D eigenvalue weighted by Crippen LogP contribution is 2.38. The Labute approximate surface area is 327 Å². The van der Waals surface area contributed by atoms with Gasteiger partial charge in [-0.15, -0.1) is 0 Å². The number of unbranched alkanes of at least 4 members (excludes halogenated alkanes) is 10. The fourth-order valence-electron chi connectivity index (χ4n) is 6.21. The molecule has 7 atom stereocenters. The number of carbonyl (C=O) groups is 2. The second-order valence-electron chi connectivity index (χ2n) is 15.8. The molecular formula is C42H75N2O9P. The lowest BCUT2D eigenvalue weighted by molar-refractivity contribution is -0.870. The fourth-order valence-corrected chi connectivity index (χ4v) is 6.93. The van der Waals surface area contributed by atoms with Crippen molar-refractivity contribution < 1.29 is 47.9 Å². The molecule has 0 spiro atoms. The monoisotopic (exact) mass is 783 g/mol. The highest BCUT2D eigenvalue weighted by Gasteiger charge is 2.39. The van der Waals surface area contributed by atoms with E-state index < -0.39 is 44.7 Å². The largest absolute Gasteiger partial charge is 0.756 e. The smallest absolute Gasteiger partial charge is 0.268 e. The fraction of sp³-hybridized carbons (Fsp3) is 0.762. The van der Waals surface area contributed by atoms with E-state index in [0.717, 1.165) is 32.1 Å². The predicted octanol–water partition coefficient (Wildman–Crippen LogP) is 6.86. The van der Waals surface area contributed by atoms with Gasteiger partial charge in [0.25, 0.3) is 7.82 Å². The zero-order valence-electron chi connectivity index (χ0n) is 34.1. The van der Waals surface area contributed by atoms with Gasteiger partial charge in [0.15, 0.2) is 0 Å². The quantitative estimate of drug-likeness (QED) is 0.0247. The van der Waals surface area contributed by atoms with Crippen LogP contribution in [-0.4, -0.2) is 96.7 Å². The molecule has 0 bridgehead atoms. The van der Waals surface area contributed by atoms with Crippen molar-refractivity contribution in [1.82, 2.24) is 5.32 Å². The molecule has 0 radical (unpaired) electrons. The van der Waals surface area contributed by atoms with Crippen molar-refractivity contribution in [2.24, 2.45) is 11.8 Å². The number of rotatable bonds is 32. The first-order valence-corrected chi connectivity index (χ1v) is 22.1. The maximum absolute atomic E-state index is 12.9. The van der Waals surface area contributed by atoms with Crippen molar-refractivity contribution in [3.05, 3.63) is 48.6 Å². The molecule has 4 N–H and O–H groups in total. The summed E-state index contributed by atoms with van der Waals surface area (Å²) in [6.07, 6.45) is 28.1. The molecule has 1 amide bonds. The molecule has 54 heavy (non-hydrogen) atoms. The van der Waals surface area contributed by atoms with Gasteiger partial charge < -0.3 is 39.1 Å². The van der Waals surface area contributed by atoms with Crippen LogP contribution in [0.5, 0.6) is 0 Å². The normalized spacial score (nSPS) is 21.1. The van der Waals surface area contributed by atoms with Gasteiger partial charge in [-0.25, -0.2) is 0 Å². The average molecular weight is 783 g/mol. The van der Waals surface area contributed by atoms with Crippen molar-refractivity contribution in [2.45, 2.75) is 154 Å². The highest BCUT2D eigenvalue weighted by atomic mass is 31.2. The Morgan fingerprint density at radius 2 is 1.52 bits per heavy atom. The van der Waals surface area contributed by atoms with E-state index in [9.17, 15) is 34.4 Å². The molecule has 0 aromatic heterocycles. The molecule has 0 aromatic rings. The van der Waals surface area contributed by atoms with E-state index in [1.165, 1.54) is 38.5 Å². The first-order valence-electron chi connectivity index (χ1n) is 20.6. The number of hydrogen-bond donors (Lipinski definition) is 4. The number of carbonyl (C=O) groups excluding carboxylic acids is 2. The lowest BCUT2D eigenvalue weighted by atomic mass is 9.90. The van der Waals surface area contributed by atoms with Gasteiger partial charge in [-0.2, -0.15) is 0 Å². The van der Waals surface area contributed by atoms with Crippen LogP contribution in [0.4, 0.5) is 0 Å². The van der Waals surface area contributed by atoms with Crippen LogP contribution in [0, 0.1) is 11.8 Å². The maximum Gasteiger partial charge on any atom is 0.268 e. The van der Waals surface area contributed by atoms with Crippen LogP contribution >= 0.6 is 7.82 Å². The first-order chi connectivity index (χ1) is 25.7. The van der Waals surface area contributed by atoms with Gasteiger partial charge in [0.1, 0.15) is 18.9 Å². The number of amides is 1. The van der Waals surface area contributed by atoms with Crippen LogP contribution in [-0.2, 0) is 23.2 Å². The Bertz CT molecular complexity index is 1180. The number of hydrogen-bond acceptors (Lipinski definition) is 9. The van der Waals surface area contributed by atoms with Crippen LogP contribution in [0.15, 0.2) is 48.6 Å². The summed E-state index contributed by atoms with van der Waals surface area (Å²) in [5, 5.41) is 34.4. The van der Waals surface area contributed by atoms with Gasteiger partial charge in [-0.05, 0) is 51.4 Å². The van der Waals surface area contributed by atoms with Gasteiger partial charge >= 0.3 is 0 Å². The summed E-state index contributed by atoms with van der Waals surface area (Å²) in [5.41, 5.74) is 0. The molecule has 0 heterocycles. The minimum Gasteiger partial charge on any atom is -0.756 e. The molecule has 312 valence electrons. The third-order valence-corrected chi connectivity index (χ3v) is 10.6. The third-order valence-electron chi connectivity index (χ3n) is 9.64. The summed E-state index contributed by atoms with van der Waals surface area (Å²) in [7, 11) is 1.07. The molecule has 1 unspecified atom stereocenters. The second kappa shape index (κ2) is 29.3. The summed E-state index contributed by atoms with van der Waals surface area (Å²) in [6.45, 7) is 4.23. The molecule has 1 rings (SSSR count). The Balaban J connectivity index is 2.65. The Hall–Kier alpha value is -1.95. The summed E-state index contributed by atoms with van der Waals surface area (Å²) in [5.74, 6) is -1.08. The Morgan fingerprint density at radius 1 is 0.889 bits per heavy atom. The predicted molar refractivity (Wildman–Crippen MR) is 215 cm³/mol. The van der Waals surface area contributed by atoms with Crippen LogP contribution < -0.4 is 10.2 Å². The highest BCUT2D eigenvalue weighted by molar-refractivity contribution is 7.45. The number of nitrogens with one attached hydrogen (secondary N) is 1. The molecule has 12 heteroatoms. The van der Waals surface area contributed by atoms with E-state index in [1.807, 2.05) is 39.4 Å². The summed E-state index contributed by atoms with van der Waals surface area (Å²) < 4.78 is 23.1. The standard InChI is InChI=1S/C42H75N2O9P/c1-6-8-10-11-12-13-14-15-16-17-18-23-27-39(46)38(34-53-54(50,51)52-32-31-44(3,4)5)43-42(49)28-24-20-19-22-26-36-37(41(48)33-40(36)47)30-29-35(45)25-21-9-7-2/h15-16,19,22-23,27,29-30,35-40,45-47H,6-14,17-18,20-21,24-26,28,31-34H2,1-5H3,(H-,43,49,50,51)/b16-15-,22-19-,27-23+,30-29+/t35-,36+,37+,38-,39+,40-/m0/s1. The molecular weight excluding hydrogens is 707 g/mol. The number of Topliss-reactive ketones (excluding diaryl/α,β-unsaturated/α-hetero) is 1. The van der Waals surface area contributed by atoms with E-state index in [4.69, 9.17) is 9.05 Å². The number of ketones is 1. The first kappa shape index (κ1) is 50.1. The SMILES string of the molecule is CCCCCCCC/C=C\CC/C=C/[C@@H](O)[C@H](COP(=O)([O-])OCC[N+](C)(C)C)NC(=O)CCC/C=C\C[C@H]1[C@@H](O)CC(=O)[C@@H]1/C=C/[C@@H](O)CCCCC. The number of likely N-dealkylation sites (N-methyl/N-ethyl adjacent to an activating group) is 1. The molecule has 1 saturated carbocycles. The van der Waals surface area contributed by atoms with Crippen molar-refractivity contribution in [3.63, 3.8) is 0 Å². The van der Waals surface area contributed by atoms with Gasteiger partial charge in [-0.3, -0.25) is 14.2 Å². The summed E-state index contributed by atoms with van der Waals surface area (Å²) >= 11 is 0. The van der Waals surface area contributed by atoms with E-state index in [0.29, 0.717) is 43.1 Å². The van der Waals surface area contributed by atoms with Crippen molar-refractivity contribution in [3.8, 4) is 0 Å². The molecule has 11 nitrogen and oxygen atoms in total. The lowest BCUT2D eigenvalue weighted by Crippen LogP contribution is -2.45. The van der Waals surface area contributed by atoms with Crippen molar-refractivity contribution in [1.29, 1.82) is 0 Å². The number of phosphoric acid groups is 1. The number of phosphoric ester groups is 1. The zero-order chi connectivity index (χ0) is 40.2. The van der Waals surface area contributed by atoms with Crippen LogP contribution in [0.25, 0.3) is 0 Å². The average Bonchev–Trinajstić information content (AvgIpc) is 3.37. The third kappa shape index (κ3) is 25.3. The summed E-state index contributed by atoms with van der Waals surface area (Å²) in [6, 6.07) is -1.01. The zero-order valence-corrected chi connectivity index (χ0v) is 35.0. The van der Waals surface area contributed by atoms with E-state index in [1.54, 1.807) is 18.2 Å². The molecule has 1 aliphatic carbocycles. The van der Waals surface area contributed by atoms with Crippen LogP contribution in [0.2, 0.25) is 0 Å². The number of nitrogens with zero attached hydrogens (tertiary/aromatic N) is 1. The van der Waals surface area contributed by atoms with Crippen LogP contribution in [0.1, 0.15) is 129 Å².